The molecule has 4 aromatic rings. The van der Waals surface area contributed by atoms with Crippen LogP contribution < -0.4 is 14.9 Å². The summed E-state index contributed by atoms with van der Waals surface area (Å²) in [5, 5.41) is 37.7. The summed E-state index contributed by atoms with van der Waals surface area (Å²) in [4.78, 5) is 56.4. The topological polar surface area (TPSA) is 174 Å². The van der Waals surface area contributed by atoms with E-state index in [-0.39, 0.29) is 85.3 Å². The summed E-state index contributed by atoms with van der Waals surface area (Å²) in [6.07, 6.45) is 0. The van der Waals surface area contributed by atoms with Gasteiger partial charge in [0.05, 0.1) is 42.1 Å². The monoisotopic (exact) mass is 638 g/mol. The van der Waals surface area contributed by atoms with Crippen LogP contribution in [0.4, 0.5) is 0 Å². The van der Waals surface area contributed by atoms with Crippen molar-refractivity contribution < 1.29 is 44.3 Å². The average Bonchev–Trinajstić information content (AvgIpc) is 3.06. The van der Waals surface area contributed by atoms with Crippen molar-refractivity contribution in [2.75, 3.05) is 65.8 Å². The maximum Gasteiger partial charge on any atom is 0.260 e. The van der Waals surface area contributed by atoms with Gasteiger partial charge < -0.3 is 39.7 Å². The van der Waals surface area contributed by atoms with Crippen LogP contribution >= 0.6 is 11.3 Å². The van der Waals surface area contributed by atoms with Gasteiger partial charge in [0.2, 0.25) is 0 Å². The number of ether oxygens (including phenoxy) is 2. The molecule has 45 heavy (non-hydrogen) atoms. The molecule has 0 fully saturated rings. The molecule has 1 aromatic heterocycles. The van der Waals surface area contributed by atoms with Gasteiger partial charge >= 0.3 is 0 Å². The minimum Gasteiger partial charge on any atom is -0.483 e. The minimum absolute atomic E-state index is 0.00917. The van der Waals surface area contributed by atoms with Gasteiger partial charge in [-0.15, -0.1) is 11.3 Å². The Kier molecular flexibility index (Phi) is 12.0. The molecule has 0 spiro atoms. The van der Waals surface area contributed by atoms with E-state index in [2.05, 4.69) is 0 Å². The highest BCUT2D eigenvalue weighted by molar-refractivity contribution is 7.25. The number of carbonyl (C=O) groups excluding carboxylic acids is 3. The highest BCUT2D eigenvalue weighted by Crippen LogP contribution is 2.40. The highest BCUT2D eigenvalue weighted by atomic mass is 32.1. The van der Waals surface area contributed by atoms with E-state index in [1.165, 1.54) is 27.2 Å². The number of aliphatic hydroxyl groups excluding tert-OH is 4. The Balaban J connectivity index is 1.90. The molecule has 0 unspecified atom stereocenters. The van der Waals surface area contributed by atoms with E-state index in [9.17, 15) is 39.6 Å². The molecule has 12 nitrogen and oxygen atoms in total. The number of ketones is 1. The smallest absolute Gasteiger partial charge is 0.260 e. The number of hydrogen-bond acceptors (Lipinski definition) is 11. The van der Waals surface area contributed by atoms with E-state index in [0.717, 1.165) is 0 Å². The van der Waals surface area contributed by atoms with Crippen LogP contribution in [0.15, 0.2) is 65.5 Å². The number of hydrogen-bond donors (Lipinski definition) is 4. The third-order valence-electron chi connectivity index (χ3n) is 6.93. The second kappa shape index (κ2) is 16.1. The molecule has 0 radical (unpaired) electrons. The van der Waals surface area contributed by atoms with Crippen LogP contribution in [0.25, 0.3) is 20.2 Å². The van der Waals surface area contributed by atoms with Crippen molar-refractivity contribution in [1.29, 1.82) is 0 Å². The fraction of sp³-hybridized carbons (Fsp3) is 0.312. The fourth-order valence-electron chi connectivity index (χ4n) is 4.77. The molecule has 0 aliphatic heterocycles. The van der Waals surface area contributed by atoms with Gasteiger partial charge in [0.25, 0.3) is 11.8 Å². The third kappa shape index (κ3) is 7.82. The van der Waals surface area contributed by atoms with E-state index >= 15 is 0 Å². The Hall–Kier alpha value is -4.40. The first kappa shape index (κ1) is 33.5. The van der Waals surface area contributed by atoms with Crippen LogP contribution in [0.2, 0.25) is 0 Å². The number of benzene rings is 3. The van der Waals surface area contributed by atoms with Crippen molar-refractivity contribution in [1.82, 2.24) is 9.80 Å². The van der Waals surface area contributed by atoms with Crippen molar-refractivity contribution in [2.24, 2.45) is 0 Å². The second-order valence-corrected chi connectivity index (χ2v) is 10.9. The van der Waals surface area contributed by atoms with Crippen molar-refractivity contribution in [3.63, 3.8) is 0 Å². The summed E-state index contributed by atoms with van der Waals surface area (Å²) in [6.45, 7) is -2.61. The molecule has 0 saturated carbocycles. The van der Waals surface area contributed by atoms with Crippen LogP contribution in [0.3, 0.4) is 0 Å². The summed E-state index contributed by atoms with van der Waals surface area (Å²) in [5.74, 6) is -1.74. The van der Waals surface area contributed by atoms with Gasteiger partial charge in [-0.25, -0.2) is 0 Å². The molecule has 4 N–H and O–H groups in total. The molecule has 1 heterocycles. The fourth-order valence-corrected chi connectivity index (χ4v) is 5.92. The number of rotatable bonds is 16. The zero-order chi connectivity index (χ0) is 32.3. The summed E-state index contributed by atoms with van der Waals surface area (Å²) in [6, 6.07) is 16.5. The first-order valence-electron chi connectivity index (χ1n) is 14.2. The quantitative estimate of drug-likeness (QED) is 0.103. The Morgan fingerprint density at radius 3 is 1.76 bits per heavy atom. The average molecular weight is 639 g/mol. The zero-order valence-electron chi connectivity index (χ0n) is 24.4. The Bertz CT molecular complexity index is 1700. The van der Waals surface area contributed by atoms with Crippen molar-refractivity contribution in [3.8, 4) is 11.5 Å². The summed E-state index contributed by atoms with van der Waals surface area (Å²) < 4.78 is 12.7. The molecule has 13 heteroatoms. The first-order valence-corrected chi connectivity index (χ1v) is 15.0. The summed E-state index contributed by atoms with van der Waals surface area (Å²) in [5.41, 5.74) is -0.300. The lowest BCUT2D eigenvalue weighted by molar-refractivity contribution is -0.134. The molecular weight excluding hydrogens is 604 g/mol. The largest absolute Gasteiger partial charge is 0.483 e. The van der Waals surface area contributed by atoms with Gasteiger partial charge in [-0.2, -0.15) is 0 Å². The summed E-state index contributed by atoms with van der Waals surface area (Å²) in [7, 11) is 0. The van der Waals surface area contributed by atoms with Gasteiger partial charge in [-0.1, -0.05) is 42.5 Å². The number of amides is 2. The predicted molar refractivity (Wildman–Crippen MR) is 168 cm³/mol. The number of carbonyl (C=O) groups is 3. The van der Waals surface area contributed by atoms with Gasteiger partial charge in [-0.05, 0) is 12.1 Å². The first-order chi connectivity index (χ1) is 21.8. The SMILES string of the molecule is O=C(c1ccccc1)c1c(OCC(=O)N(CCO)CCO)cc(OCC(=O)N(CCO)CCO)c2sc3ccccc3c(=O)c12. The highest BCUT2D eigenvalue weighted by Gasteiger charge is 2.27. The number of nitrogens with zero attached hydrogens (tertiary/aromatic N) is 2. The van der Waals surface area contributed by atoms with E-state index < -0.39 is 36.2 Å². The van der Waals surface area contributed by atoms with E-state index in [4.69, 9.17) is 9.47 Å². The van der Waals surface area contributed by atoms with E-state index in [1.807, 2.05) is 0 Å². The van der Waals surface area contributed by atoms with Crippen molar-refractivity contribution in [3.05, 3.63) is 82.0 Å². The van der Waals surface area contributed by atoms with Crippen molar-refractivity contribution >= 4 is 49.1 Å². The molecule has 238 valence electrons. The molecule has 4 rings (SSSR count). The minimum atomic E-state index is -0.592. The molecule has 0 saturated heterocycles. The number of aliphatic hydroxyl groups is 4. The zero-order valence-corrected chi connectivity index (χ0v) is 25.2. The van der Waals surface area contributed by atoms with Crippen LogP contribution in [0, 0.1) is 0 Å². The molecule has 2 amide bonds. The van der Waals surface area contributed by atoms with E-state index in [1.54, 1.807) is 54.6 Å². The normalized spacial score (nSPS) is 11.0. The van der Waals surface area contributed by atoms with Crippen LogP contribution in [-0.2, 0) is 9.59 Å². The number of fused-ring (bicyclic) bond motifs is 2. The van der Waals surface area contributed by atoms with Gasteiger partial charge in [0.1, 0.15) is 11.5 Å². The van der Waals surface area contributed by atoms with Gasteiger partial charge in [0.15, 0.2) is 24.4 Å². The van der Waals surface area contributed by atoms with E-state index in [0.29, 0.717) is 10.1 Å². The lowest BCUT2D eigenvalue weighted by Crippen LogP contribution is -2.39. The molecule has 0 aliphatic rings. The molecule has 0 aliphatic carbocycles. The summed E-state index contributed by atoms with van der Waals surface area (Å²) >= 11 is 1.18. The lowest BCUT2D eigenvalue weighted by Gasteiger charge is -2.23. The molecule has 3 aromatic carbocycles. The Labute approximate surface area is 262 Å². The second-order valence-electron chi connectivity index (χ2n) is 9.81. The van der Waals surface area contributed by atoms with Gasteiger partial charge in [-0.3, -0.25) is 19.2 Å². The molecular formula is C32H34N2O10S. The van der Waals surface area contributed by atoms with Gasteiger partial charge in [0, 0.05) is 47.9 Å². The standard InChI is InChI=1S/C32H34N2O10S/c35-14-10-33(11-15-36)26(39)19-43-23-18-24(44-20-27(40)34(12-16-37)13-17-38)32-29(28(23)30(41)21-6-2-1-3-7-21)31(42)22-8-4-5-9-25(22)45-32/h1-9,18,35-38H,10-17,19-20H2. The van der Waals surface area contributed by atoms with Crippen LogP contribution in [-0.4, -0.2) is 114 Å². The Morgan fingerprint density at radius 2 is 1.20 bits per heavy atom. The van der Waals surface area contributed by atoms with Crippen LogP contribution in [0.5, 0.6) is 11.5 Å². The molecule has 0 atom stereocenters. The van der Waals surface area contributed by atoms with Crippen molar-refractivity contribution in [2.45, 2.75) is 0 Å². The Morgan fingerprint density at radius 1 is 0.689 bits per heavy atom. The predicted octanol–water partition coefficient (Wildman–Crippen LogP) is 1.03. The molecule has 0 bridgehead atoms. The lowest BCUT2D eigenvalue weighted by atomic mass is 9.97. The van der Waals surface area contributed by atoms with Crippen LogP contribution in [0.1, 0.15) is 15.9 Å². The third-order valence-corrected chi connectivity index (χ3v) is 8.12. The maximum atomic E-state index is 14.1. The maximum absolute atomic E-state index is 14.1.